The highest BCUT2D eigenvalue weighted by atomic mass is 35.5. The Balaban J connectivity index is 2.36. The zero-order chi connectivity index (χ0) is 10.8. The number of aromatic nitrogens is 2. The first kappa shape index (κ1) is 10.3. The second-order valence-electron chi connectivity index (χ2n) is 3.12. The molecule has 0 radical (unpaired) electrons. The minimum atomic E-state index is -0.793. The van der Waals surface area contributed by atoms with Crippen LogP contribution in [0.4, 0.5) is 0 Å². The Hall–Kier alpha value is -1.26. The first-order valence-electron chi connectivity index (χ1n) is 4.66. The molecule has 0 aliphatic rings. The molecular weight excluding hydrogens is 216 g/mol. The van der Waals surface area contributed by atoms with Gasteiger partial charge in [-0.2, -0.15) is 5.10 Å². The van der Waals surface area contributed by atoms with Gasteiger partial charge in [0.25, 0.3) is 0 Å². The molecule has 2 rings (SSSR count). The number of halogens is 1. The van der Waals surface area contributed by atoms with Gasteiger partial charge in [-0.05, 0) is 30.7 Å². The predicted octanol–water partition coefficient (Wildman–Crippen LogP) is 2.23. The first-order valence-corrected chi connectivity index (χ1v) is 5.04. The SMILES string of the molecule is CCn1nccc1C(O)c1ccoc1Cl. The minimum absolute atomic E-state index is 0.214. The number of rotatable bonds is 3. The number of furan rings is 1. The molecule has 2 aromatic heterocycles. The van der Waals surface area contributed by atoms with E-state index in [0.717, 1.165) is 0 Å². The van der Waals surface area contributed by atoms with Crippen LogP contribution in [0.25, 0.3) is 0 Å². The highest BCUT2D eigenvalue weighted by Gasteiger charge is 2.19. The fraction of sp³-hybridized carbons (Fsp3) is 0.300. The van der Waals surface area contributed by atoms with Crippen LogP contribution in [0.2, 0.25) is 5.22 Å². The number of nitrogens with zero attached hydrogens (tertiary/aromatic N) is 2. The summed E-state index contributed by atoms with van der Waals surface area (Å²) in [5, 5.41) is 14.3. The van der Waals surface area contributed by atoms with Crippen molar-refractivity contribution in [2.24, 2.45) is 0 Å². The zero-order valence-electron chi connectivity index (χ0n) is 8.22. The van der Waals surface area contributed by atoms with E-state index in [1.165, 1.54) is 6.26 Å². The Bertz CT molecular complexity index is 450. The van der Waals surface area contributed by atoms with Crippen LogP contribution in [0.5, 0.6) is 0 Å². The number of hydrogen-bond acceptors (Lipinski definition) is 3. The Kier molecular flexibility index (Phi) is 2.79. The average Bonchev–Trinajstić information content (AvgIpc) is 2.84. The smallest absolute Gasteiger partial charge is 0.199 e. The largest absolute Gasteiger partial charge is 0.453 e. The number of aliphatic hydroxyl groups excluding tert-OH is 1. The normalized spacial score (nSPS) is 13.0. The van der Waals surface area contributed by atoms with Gasteiger partial charge in [0.1, 0.15) is 6.10 Å². The average molecular weight is 227 g/mol. The van der Waals surface area contributed by atoms with E-state index in [4.69, 9.17) is 16.0 Å². The van der Waals surface area contributed by atoms with Gasteiger partial charge in [0, 0.05) is 18.3 Å². The fourth-order valence-electron chi connectivity index (χ4n) is 1.50. The molecule has 0 bridgehead atoms. The van der Waals surface area contributed by atoms with Crippen molar-refractivity contribution in [3.63, 3.8) is 0 Å². The van der Waals surface area contributed by atoms with Crippen LogP contribution >= 0.6 is 11.6 Å². The van der Waals surface area contributed by atoms with E-state index < -0.39 is 6.10 Å². The second-order valence-corrected chi connectivity index (χ2v) is 3.47. The Morgan fingerprint density at radius 3 is 3.00 bits per heavy atom. The van der Waals surface area contributed by atoms with Gasteiger partial charge in [0.2, 0.25) is 0 Å². The molecule has 2 heterocycles. The van der Waals surface area contributed by atoms with Gasteiger partial charge in [-0.1, -0.05) is 0 Å². The maximum Gasteiger partial charge on any atom is 0.199 e. The Morgan fingerprint density at radius 2 is 2.40 bits per heavy atom. The molecule has 15 heavy (non-hydrogen) atoms. The molecule has 1 unspecified atom stereocenters. The van der Waals surface area contributed by atoms with E-state index in [1.54, 1.807) is 23.0 Å². The lowest BCUT2D eigenvalue weighted by Crippen LogP contribution is -2.08. The van der Waals surface area contributed by atoms with Crippen molar-refractivity contribution in [2.75, 3.05) is 0 Å². The van der Waals surface area contributed by atoms with Crippen LogP contribution in [0.15, 0.2) is 29.0 Å². The summed E-state index contributed by atoms with van der Waals surface area (Å²) in [6.07, 6.45) is 2.31. The van der Waals surface area contributed by atoms with Crippen molar-refractivity contribution in [1.82, 2.24) is 9.78 Å². The molecule has 2 aromatic rings. The van der Waals surface area contributed by atoms with E-state index in [2.05, 4.69) is 5.10 Å². The number of aliphatic hydroxyl groups is 1. The predicted molar refractivity (Wildman–Crippen MR) is 55.7 cm³/mol. The molecule has 4 nitrogen and oxygen atoms in total. The molecule has 0 fully saturated rings. The molecule has 80 valence electrons. The molecule has 0 saturated carbocycles. The summed E-state index contributed by atoms with van der Waals surface area (Å²) < 4.78 is 6.65. The molecule has 5 heteroatoms. The Labute approximate surface area is 92.1 Å². The maximum atomic E-state index is 10.1. The summed E-state index contributed by atoms with van der Waals surface area (Å²) in [5.74, 6) is 0. The van der Waals surface area contributed by atoms with Crippen LogP contribution in [-0.2, 0) is 6.54 Å². The maximum absolute atomic E-state index is 10.1. The molecule has 1 atom stereocenters. The third kappa shape index (κ3) is 1.78. The lowest BCUT2D eigenvalue weighted by atomic mass is 10.1. The number of hydrogen-bond donors (Lipinski definition) is 1. The summed E-state index contributed by atoms with van der Waals surface area (Å²) >= 11 is 5.79. The topological polar surface area (TPSA) is 51.2 Å². The standard InChI is InChI=1S/C10H11ClN2O2/c1-2-13-8(3-5-12-13)9(14)7-4-6-15-10(7)11/h3-6,9,14H,2H2,1H3. The minimum Gasteiger partial charge on any atom is -0.453 e. The molecule has 0 amide bonds. The molecular formula is C10H11ClN2O2. The lowest BCUT2D eigenvalue weighted by Gasteiger charge is -2.10. The van der Waals surface area contributed by atoms with Crippen molar-refractivity contribution in [1.29, 1.82) is 0 Å². The summed E-state index contributed by atoms with van der Waals surface area (Å²) in [7, 11) is 0. The van der Waals surface area contributed by atoms with Crippen LogP contribution in [-0.4, -0.2) is 14.9 Å². The van der Waals surface area contributed by atoms with E-state index in [0.29, 0.717) is 17.8 Å². The Morgan fingerprint density at radius 1 is 1.60 bits per heavy atom. The van der Waals surface area contributed by atoms with Gasteiger partial charge >= 0.3 is 0 Å². The monoisotopic (exact) mass is 226 g/mol. The van der Waals surface area contributed by atoms with Gasteiger partial charge in [-0.3, -0.25) is 4.68 Å². The van der Waals surface area contributed by atoms with Crippen LogP contribution in [0, 0.1) is 0 Å². The van der Waals surface area contributed by atoms with Gasteiger partial charge < -0.3 is 9.52 Å². The first-order chi connectivity index (χ1) is 7.24. The molecule has 0 aromatic carbocycles. The zero-order valence-corrected chi connectivity index (χ0v) is 8.98. The molecule has 0 aliphatic heterocycles. The van der Waals surface area contributed by atoms with Gasteiger partial charge in [-0.15, -0.1) is 0 Å². The van der Waals surface area contributed by atoms with Crippen molar-refractivity contribution >= 4 is 11.6 Å². The van der Waals surface area contributed by atoms with Crippen molar-refractivity contribution in [2.45, 2.75) is 19.6 Å². The van der Waals surface area contributed by atoms with E-state index in [-0.39, 0.29) is 5.22 Å². The van der Waals surface area contributed by atoms with Crippen molar-refractivity contribution in [3.8, 4) is 0 Å². The molecule has 1 N–H and O–H groups in total. The van der Waals surface area contributed by atoms with Gasteiger partial charge in [0.05, 0.1) is 12.0 Å². The van der Waals surface area contributed by atoms with Crippen molar-refractivity contribution in [3.05, 3.63) is 41.1 Å². The van der Waals surface area contributed by atoms with E-state index in [1.807, 2.05) is 6.92 Å². The molecule has 0 aliphatic carbocycles. The third-order valence-electron chi connectivity index (χ3n) is 2.27. The quantitative estimate of drug-likeness (QED) is 0.873. The van der Waals surface area contributed by atoms with Crippen LogP contribution in [0.3, 0.4) is 0 Å². The van der Waals surface area contributed by atoms with E-state index in [9.17, 15) is 5.11 Å². The highest BCUT2D eigenvalue weighted by molar-refractivity contribution is 6.29. The van der Waals surface area contributed by atoms with Gasteiger partial charge in [0.15, 0.2) is 5.22 Å². The van der Waals surface area contributed by atoms with Crippen LogP contribution in [0.1, 0.15) is 24.3 Å². The van der Waals surface area contributed by atoms with E-state index >= 15 is 0 Å². The third-order valence-corrected chi connectivity index (χ3v) is 2.58. The summed E-state index contributed by atoms with van der Waals surface area (Å²) in [5.41, 5.74) is 1.27. The fourth-order valence-corrected chi connectivity index (χ4v) is 1.72. The molecule has 0 spiro atoms. The van der Waals surface area contributed by atoms with Crippen LogP contribution < -0.4 is 0 Å². The summed E-state index contributed by atoms with van der Waals surface area (Å²) in [6.45, 7) is 2.66. The summed E-state index contributed by atoms with van der Waals surface area (Å²) in [6, 6.07) is 3.41. The molecule has 0 saturated heterocycles. The summed E-state index contributed by atoms with van der Waals surface area (Å²) in [4.78, 5) is 0. The lowest BCUT2D eigenvalue weighted by molar-refractivity contribution is 0.207. The van der Waals surface area contributed by atoms with Gasteiger partial charge in [-0.25, -0.2) is 0 Å². The number of aryl methyl sites for hydroxylation is 1. The second kappa shape index (κ2) is 4.08. The highest BCUT2D eigenvalue weighted by Crippen LogP contribution is 2.28. The van der Waals surface area contributed by atoms with Crippen molar-refractivity contribution < 1.29 is 9.52 Å².